The fourth-order valence-electron chi connectivity index (χ4n) is 3.64. The predicted octanol–water partition coefficient (Wildman–Crippen LogP) is 3.95. The minimum absolute atomic E-state index is 0.0634. The van der Waals surface area contributed by atoms with E-state index in [-0.39, 0.29) is 12.1 Å². The third-order valence-electron chi connectivity index (χ3n) is 5.33. The molecule has 1 aliphatic rings. The number of fused-ring (bicyclic) bond motifs is 1. The summed E-state index contributed by atoms with van der Waals surface area (Å²) in [6.07, 6.45) is -2.96. The van der Waals surface area contributed by atoms with Gasteiger partial charge in [0.05, 0.1) is 36.2 Å². The van der Waals surface area contributed by atoms with Gasteiger partial charge in [-0.25, -0.2) is 9.78 Å². The zero-order valence-electron chi connectivity index (χ0n) is 16.2. The van der Waals surface area contributed by atoms with Crippen molar-refractivity contribution in [2.75, 3.05) is 31.2 Å². The van der Waals surface area contributed by atoms with Crippen molar-refractivity contribution in [3.05, 3.63) is 58.9 Å². The minimum Gasteiger partial charge on any atom is -0.478 e. The van der Waals surface area contributed by atoms with Crippen LogP contribution in [0.4, 0.5) is 18.9 Å². The van der Waals surface area contributed by atoms with Gasteiger partial charge in [-0.1, -0.05) is 6.07 Å². The molecule has 0 amide bonds. The number of aryl methyl sites for hydroxylation is 1. The van der Waals surface area contributed by atoms with Gasteiger partial charge in [-0.3, -0.25) is 0 Å². The Hall–Kier alpha value is -3.07. The van der Waals surface area contributed by atoms with Gasteiger partial charge < -0.3 is 19.3 Å². The Labute approximate surface area is 170 Å². The first-order chi connectivity index (χ1) is 14.2. The van der Waals surface area contributed by atoms with E-state index in [0.29, 0.717) is 48.5 Å². The van der Waals surface area contributed by atoms with Crippen molar-refractivity contribution in [3.8, 4) is 0 Å². The third kappa shape index (κ3) is 3.85. The molecule has 3 aromatic rings. The van der Waals surface area contributed by atoms with Crippen molar-refractivity contribution in [2.45, 2.75) is 19.6 Å². The summed E-state index contributed by atoms with van der Waals surface area (Å²) in [5, 5.41) is 9.66. The zero-order valence-corrected chi connectivity index (χ0v) is 16.2. The molecule has 0 radical (unpaired) electrons. The van der Waals surface area contributed by atoms with Crippen LogP contribution in [0.2, 0.25) is 0 Å². The number of nitrogens with zero attached hydrogens (tertiary/aromatic N) is 3. The highest BCUT2D eigenvalue weighted by Crippen LogP contribution is 2.32. The highest BCUT2D eigenvalue weighted by molar-refractivity contribution is 6.02. The van der Waals surface area contributed by atoms with Gasteiger partial charge in [0.25, 0.3) is 0 Å². The Morgan fingerprint density at radius 3 is 2.60 bits per heavy atom. The quantitative estimate of drug-likeness (QED) is 0.694. The molecule has 1 aliphatic heterocycles. The number of hydrogen-bond donors (Lipinski definition) is 1. The summed E-state index contributed by atoms with van der Waals surface area (Å²) in [4.78, 5) is 18.1. The van der Waals surface area contributed by atoms with E-state index < -0.39 is 17.7 Å². The van der Waals surface area contributed by atoms with E-state index in [1.54, 1.807) is 17.6 Å². The number of imidazole rings is 1. The van der Waals surface area contributed by atoms with E-state index in [2.05, 4.69) is 4.98 Å². The summed E-state index contributed by atoms with van der Waals surface area (Å²) in [5.41, 5.74) is 2.16. The summed E-state index contributed by atoms with van der Waals surface area (Å²) >= 11 is 0. The van der Waals surface area contributed by atoms with Crippen molar-refractivity contribution in [1.82, 2.24) is 9.55 Å². The molecule has 9 heteroatoms. The van der Waals surface area contributed by atoms with Crippen LogP contribution in [0.3, 0.4) is 0 Å². The Balaban J connectivity index is 1.79. The summed E-state index contributed by atoms with van der Waals surface area (Å²) in [5.74, 6) is -1.10. The average molecular weight is 419 g/mol. The van der Waals surface area contributed by atoms with Gasteiger partial charge in [-0.05, 0) is 42.3 Å². The minimum atomic E-state index is -4.43. The number of morpholine rings is 1. The smallest absolute Gasteiger partial charge is 0.416 e. The number of benzene rings is 2. The molecule has 6 nitrogen and oxygen atoms in total. The molecule has 2 heterocycles. The average Bonchev–Trinajstić information content (AvgIpc) is 3.11. The molecule has 2 aromatic carbocycles. The van der Waals surface area contributed by atoms with Gasteiger partial charge in [0.1, 0.15) is 5.52 Å². The number of anilines is 1. The fourth-order valence-corrected chi connectivity index (χ4v) is 3.64. The highest BCUT2D eigenvalue weighted by Gasteiger charge is 2.30. The predicted molar refractivity (Wildman–Crippen MR) is 105 cm³/mol. The maximum Gasteiger partial charge on any atom is 0.416 e. The Kier molecular flexibility index (Phi) is 5.15. The van der Waals surface area contributed by atoms with Gasteiger partial charge in [-0.15, -0.1) is 0 Å². The summed E-state index contributed by atoms with van der Waals surface area (Å²) < 4.78 is 46.4. The van der Waals surface area contributed by atoms with E-state index in [1.807, 2.05) is 11.0 Å². The summed E-state index contributed by atoms with van der Waals surface area (Å²) in [6, 6.07) is 7.06. The molecule has 0 saturated carbocycles. The monoisotopic (exact) mass is 419 g/mol. The van der Waals surface area contributed by atoms with E-state index >= 15 is 0 Å². The molecule has 0 spiro atoms. The van der Waals surface area contributed by atoms with Gasteiger partial charge in [0.15, 0.2) is 0 Å². The molecule has 1 N–H and O–H groups in total. The fraction of sp³-hybridized carbons (Fsp3) is 0.333. The molecule has 4 rings (SSSR count). The molecule has 0 bridgehead atoms. The van der Waals surface area contributed by atoms with Crippen molar-refractivity contribution >= 4 is 22.7 Å². The standard InChI is InChI=1S/C21H20F3N3O3/c1-13-2-3-15(21(22,23)24)8-14(13)11-27-12-25-19-17(20(28)29)9-16(10-18(19)27)26-4-6-30-7-5-26/h2-3,8-10,12H,4-7,11H2,1H3,(H,28,29). The lowest BCUT2D eigenvalue weighted by atomic mass is 10.0. The van der Waals surface area contributed by atoms with Gasteiger partial charge in [-0.2, -0.15) is 13.2 Å². The maximum absolute atomic E-state index is 13.1. The topological polar surface area (TPSA) is 67.6 Å². The lowest BCUT2D eigenvalue weighted by Crippen LogP contribution is -2.36. The molecule has 158 valence electrons. The molecule has 0 aliphatic carbocycles. The second-order valence-corrected chi connectivity index (χ2v) is 7.28. The zero-order chi connectivity index (χ0) is 21.5. The van der Waals surface area contributed by atoms with Crippen LogP contribution in [-0.4, -0.2) is 46.9 Å². The Morgan fingerprint density at radius 1 is 1.20 bits per heavy atom. The van der Waals surface area contributed by atoms with Crippen LogP contribution in [0.15, 0.2) is 36.7 Å². The first-order valence-corrected chi connectivity index (χ1v) is 9.45. The molecular weight excluding hydrogens is 399 g/mol. The number of hydrogen-bond acceptors (Lipinski definition) is 4. The van der Waals surface area contributed by atoms with Crippen LogP contribution >= 0.6 is 0 Å². The number of halogens is 3. The SMILES string of the molecule is Cc1ccc(C(F)(F)F)cc1Cn1cnc2c(C(=O)O)cc(N3CCOCC3)cc21. The van der Waals surface area contributed by atoms with Crippen LogP contribution in [0.5, 0.6) is 0 Å². The van der Waals surface area contributed by atoms with Gasteiger partial charge in [0, 0.05) is 25.3 Å². The lowest BCUT2D eigenvalue weighted by Gasteiger charge is -2.29. The van der Waals surface area contributed by atoms with Gasteiger partial charge >= 0.3 is 12.1 Å². The first-order valence-electron chi connectivity index (χ1n) is 9.45. The molecule has 0 unspecified atom stereocenters. The summed E-state index contributed by atoms with van der Waals surface area (Å²) in [6.45, 7) is 4.25. The Morgan fingerprint density at radius 2 is 1.93 bits per heavy atom. The number of carboxylic acid groups (broad SMARTS) is 1. The van der Waals surface area contributed by atoms with Crippen molar-refractivity contribution in [1.29, 1.82) is 0 Å². The van der Waals surface area contributed by atoms with Crippen LogP contribution in [0.1, 0.15) is 27.0 Å². The second kappa shape index (κ2) is 7.64. The summed E-state index contributed by atoms with van der Waals surface area (Å²) in [7, 11) is 0. The van der Waals surface area contributed by atoms with E-state index in [4.69, 9.17) is 4.74 Å². The second-order valence-electron chi connectivity index (χ2n) is 7.28. The van der Waals surface area contributed by atoms with E-state index in [1.165, 1.54) is 12.4 Å². The first kappa shape index (κ1) is 20.2. The molecule has 0 atom stereocenters. The number of carbonyl (C=O) groups is 1. The molecule has 1 saturated heterocycles. The van der Waals surface area contributed by atoms with Crippen LogP contribution < -0.4 is 4.90 Å². The van der Waals surface area contributed by atoms with Crippen LogP contribution in [0.25, 0.3) is 11.0 Å². The molecule has 30 heavy (non-hydrogen) atoms. The number of alkyl halides is 3. The Bertz CT molecular complexity index is 1100. The number of aromatic carboxylic acids is 1. The van der Waals surface area contributed by atoms with Crippen molar-refractivity contribution in [2.24, 2.45) is 0 Å². The largest absolute Gasteiger partial charge is 0.478 e. The molecule has 1 fully saturated rings. The highest BCUT2D eigenvalue weighted by atomic mass is 19.4. The van der Waals surface area contributed by atoms with Gasteiger partial charge in [0.2, 0.25) is 0 Å². The number of rotatable bonds is 4. The number of aromatic nitrogens is 2. The third-order valence-corrected chi connectivity index (χ3v) is 5.33. The molecule has 1 aromatic heterocycles. The van der Waals surface area contributed by atoms with Crippen LogP contribution in [0, 0.1) is 6.92 Å². The van der Waals surface area contributed by atoms with E-state index in [0.717, 1.165) is 17.8 Å². The molecular formula is C21H20F3N3O3. The van der Waals surface area contributed by atoms with Crippen LogP contribution in [-0.2, 0) is 17.5 Å². The lowest BCUT2D eigenvalue weighted by molar-refractivity contribution is -0.137. The number of ether oxygens (including phenoxy) is 1. The van der Waals surface area contributed by atoms with E-state index in [9.17, 15) is 23.1 Å². The van der Waals surface area contributed by atoms with Crippen molar-refractivity contribution in [3.63, 3.8) is 0 Å². The normalized spacial score (nSPS) is 15.0. The number of carboxylic acids is 1. The maximum atomic E-state index is 13.1. The van der Waals surface area contributed by atoms with Crippen molar-refractivity contribution < 1.29 is 27.8 Å².